The van der Waals surface area contributed by atoms with Crippen molar-refractivity contribution in [3.8, 4) is 24.2 Å². The molecule has 1 fully saturated rings. The normalized spacial score (nSPS) is 22.4. The molecule has 1 saturated heterocycles. The fourth-order valence-corrected chi connectivity index (χ4v) is 5.88. The maximum absolute atomic E-state index is 12.3. The molecule has 2 heterocycles. The maximum Gasteiger partial charge on any atom is 0.490 e. The fraction of sp³-hybridized carbons (Fsp3) is 0.471. The maximum atomic E-state index is 12.3. The number of hydrogen-bond acceptors (Lipinski definition) is 11. The first-order valence-electron chi connectivity index (χ1n) is 10.2. The van der Waals surface area contributed by atoms with Crippen LogP contribution in [0, 0.1) is 24.2 Å². The number of phosphoric ester groups is 1. The van der Waals surface area contributed by atoms with Gasteiger partial charge in [-0.05, 0) is 0 Å². The minimum Gasteiger partial charge on any atom is -0.390 e. The second-order valence-corrected chi connectivity index (χ2v) is 11.7. The van der Waals surface area contributed by atoms with Crippen molar-refractivity contribution in [2.24, 2.45) is 0 Å². The van der Waals surface area contributed by atoms with Gasteiger partial charge in [-0.2, -0.15) is 8.62 Å². The van der Waals surface area contributed by atoms with Crippen molar-refractivity contribution < 1.29 is 61.1 Å². The average Bonchev–Trinajstić information content (AvgIpc) is 3.12. The highest BCUT2D eigenvalue weighted by atomic mass is 31.3. The van der Waals surface area contributed by atoms with Crippen molar-refractivity contribution in [1.29, 1.82) is 0 Å². The molecule has 5 atom stereocenters. The first-order chi connectivity index (χ1) is 17.5. The number of carbonyl (C=O) groups is 1. The molecule has 7 N–H and O–H groups in total. The topological polar surface area (TPSA) is 273 Å². The van der Waals surface area contributed by atoms with Gasteiger partial charge < -0.3 is 34.7 Å². The van der Waals surface area contributed by atoms with Gasteiger partial charge in [0.25, 0.3) is 5.56 Å². The Morgan fingerprint density at radius 1 is 1.21 bits per heavy atom. The van der Waals surface area contributed by atoms with Crippen molar-refractivity contribution in [3.63, 3.8) is 0 Å². The number of phosphoric acid groups is 3. The Bertz CT molecular complexity index is 1400. The summed E-state index contributed by atoms with van der Waals surface area (Å²) in [6, 6.07) is 0. The van der Waals surface area contributed by atoms with E-state index in [4.69, 9.17) is 25.8 Å². The number of aliphatic hydroxyl groups is 1. The number of amides is 1. The lowest BCUT2D eigenvalue weighted by Gasteiger charge is -2.19. The van der Waals surface area contributed by atoms with E-state index < -0.39 is 59.8 Å². The highest BCUT2D eigenvalue weighted by Crippen LogP contribution is 2.66. The molecule has 1 aliphatic heterocycles. The highest BCUT2D eigenvalue weighted by molar-refractivity contribution is 7.66. The van der Waals surface area contributed by atoms with Crippen LogP contribution in [0.25, 0.3) is 0 Å². The predicted molar refractivity (Wildman–Crippen MR) is 124 cm³/mol. The van der Waals surface area contributed by atoms with Gasteiger partial charge in [0.1, 0.15) is 17.9 Å². The van der Waals surface area contributed by atoms with Crippen molar-refractivity contribution in [2.45, 2.75) is 37.7 Å². The fourth-order valence-electron chi connectivity index (χ4n) is 2.85. The van der Waals surface area contributed by atoms with Crippen LogP contribution >= 0.6 is 23.5 Å². The Hall–Kier alpha value is -2.40. The molecule has 1 aromatic rings. The first kappa shape index (κ1) is 31.8. The molecule has 21 heteroatoms. The third kappa shape index (κ3) is 10.4. The molecule has 1 aromatic heterocycles. The van der Waals surface area contributed by atoms with E-state index >= 15 is 0 Å². The molecule has 1 aliphatic rings. The molecule has 18 nitrogen and oxygen atoms in total. The molecule has 0 saturated carbocycles. The quantitative estimate of drug-likeness (QED) is 0.111. The van der Waals surface area contributed by atoms with E-state index in [2.05, 4.69) is 36.2 Å². The zero-order valence-electron chi connectivity index (χ0n) is 19.0. The number of H-pyrrole nitrogens is 1. The Labute approximate surface area is 213 Å². The van der Waals surface area contributed by atoms with Crippen molar-refractivity contribution in [1.82, 2.24) is 14.9 Å². The lowest BCUT2D eigenvalue weighted by molar-refractivity contribution is -0.120. The molecular formula is C17H22N3O15P3. The molecule has 2 unspecified atom stereocenters. The molecule has 38 heavy (non-hydrogen) atoms. The van der Waals surface area contributed by atoms with Gasteiger partial charge >= 0.3 is 29.2 Å². The molecule has 0 bridgehead atoms. The summed E-state index contributed by atoms with van der Waals surface area (Å²) in [5.74, 6) is 6.93. The van der Waals surface area contributed by atoms with E-state index in [0.717, 1.165) is 10.8 Å². The van der Waals surface area contributed by atoms with E-state index in [9.17, 15) is 38.1 Å². The number of aromatic nitrogens is 2. The summed E-state index contributed by atoms with van der Waals surface area (Å²) in [5.41, 5.74) is -1.99. The Morgan fingerprint density at radius 3 is 2.53 bits per heavy atom. The molecule has 2 rings (SSSR count). The summed E-state index contributed by atoms with van der Waals surface area (Å²) in [6.07, 6.45) is 2.08. The summed E-state index contributed by atoms with van der Waals surface area (Å²) in [6.45, 7) is -1.07. The average molecular weight is 601 g/mol. The number of aliphatic hydroxyl groups excluding tert-OH is 1. The van der Waals surface area contributed by atoms with Crippen molar-refractivity contribution in [2.75, 3.05) is 13.2 Å². The lowest BCUT2D eigenvalue weighted by Crippen LogP contribution is -2.33. The number of carbonyl (C=O) groups excluding carboxylic acids is 1. The van der Waals surface area contributed by atoms with Gasteiger partial charge in [-0.25, -0.2) is 18.5 Å². The Morgan fingerprint density at radius 2 is 1.89 bits per heavy atom. The highest BCUT2D eigenvalue weighted by Gasteiger charge is 2.43. The number of terminal acetylenes is 1. The zero-order chi connectivity index (χ0) is 28.7. The van der Waals surface area contributed by atoms with Gasteiger partial charge in [0, 0.05) is 25.5 Å². The largest absolute Gasteiger partial charge is 0.490 e. The van der Waals surface area contributed by atoms with Gasteiger partial charge in [-0.1, -0.05) is 11.8 Å². The van der Waals surface area contributed by atoms with Gasteiger partial charge in [-0.3, -0.25) is 23.7 Å². The Kier molecular flexibility index (Phi) is 11.0. The number of ether oxygens (including phenoxy) is 1. The van der Waals surface area contributed by atoms with Crippen LogP contribution in [0.15, 0.2) is 15.8 Å². The molecule has 0 aromatic carbocycles. The number of hydrogen-bond donors (Lipinski definition) is 7. The number of aromatic amines is 1. The van der Waals surface area contributed by atoms with Gasteiger partial charge in [0.15, 0.2) is 0 Å². The van der Waals surface area contributed by atoms with Crippen LogP contribution in [0.2, 0.25) is 0 Å². The van der Waals surface area contributed by atoms with E-state index in [1.165, 1.54) is 0 Å². The molecule has 210 valence electrons. The van der Waals surface area contributed by atoms with Crippen LogP contribution < -0.4 is 16.6 Å². The lowest BCUT2D eigenvalue weighted by atomic mass is 10.2. The minimum atomic E-state index is -5.74. The number of nitrogens with zero attached hydrogens (tertiary/aromatic N) is 1. The number of nitrogens with one attached hydrogen (secondary N) is 2. The van der Waals surface area contributed by atoms with E-state index in [1.54, 1.807) is 0 Å². The predicted octanol–water partition coefficient (Wildman–Crippen LogP) is -1.59. The summed E-state index contributed by atoms with van der Waals surface area (Å²) in [4.78, 5) is 73.6. The van der Waals surface area contributed by atoms with Crippen molar-refractivity contribution >= 4 is 29.4 Å². The smallest absolute Gasteiger partial charge is 0.390 e. The SMILES string of the molecule is C#CCCC(=O)NCC#Cc1cn([C@H]2C[C@H](O)[C@@H](COP(=O)(O)OP(=O)(O)OP(=O)(O)O)O2)c(=O)[nH]c1=O. The molecular weight excluding hydrogens is 579 g/mol. The minimum absolute atomic E-state index is 0.0915. The zero-order valence-corrected chi connectivity index (χ0v) is 21.7. The standard InChI is InChI=1S/C17H22N3O15P3/c1-2-3-6-14(22)18-7-4-5-11-9-20(17(24)19-16(11)23)15-8-12(21)13(33-15)10-32-37(28,29)35-38(30,31)34-36(25,26)27/h1,9,12-13,15,21H,3,6-8,10H2,(H,18,22)(H,28,29)(H,30,31)(H,19,23,24)(H2,25,26,27)/t12-,13+,15+/m0/s1. The van der Waals surface area contributed by atoms with Crippen LogP contribution in [-0.4, -0.2) is 65.5 Å². The van der Waals surface area contributed by atoms with Crippen LogP contribution in [0.5, 0.6) is 0 Å². The van der Waals surface area contributed by atoms with Crippen LogP contribution in [0.4, 0.5) is 0 Å². The van der Waals surface area contributed by atoms with Crippen LogP contribution in [0.3, 0.4) is 0 Å². The summed E-state index contributed by atoms with van der Waals surface area (Å²) in [5, 5.41) is 12.6. The second-order valence-electron chi connectivity index (χ2n) is 7.31. The van der Waals surface area contributed by atoms with Crippen molar-refractivity contribution in [3.05, 3.63) is 32.6 Å². The Balaban J connectivity index is 2.05. The summed E-state index contributed by atoms with van der Waals surface area (Å²) >= 11 is 0. The van der Waals surface area contributed by atoms with E-state index in [1.807, 2.05) is 4.98 Å². The third-order valence-electron chi connectivity index (χ3n) is 4.39. The number of rotatable bonds is 11. The third-order valence-corrected chi connectivity index (χ3v) is 8.20. The van der Waals surface area contributed by atoms with Gasteiger partial charge in [0.05, 0.1) is 19.3 Å². The molecule has 1 amide bonds. The summed E-state index contributed by atoms with van der Waals surface area (Å²) < 4.78 is 51.7. The second kappa shape index (κ2) is 13.1. The molecule has 0 aliphatic carbocycles. The van der Waals surface area contributed by atoms with Gasteiger partial charge in [-0.15, -0.1) is 12.3 Å². The molecule has 0 radical (unpaired) electrons. The molecule has 0 spiro atoms. The van der Waals surface area contributed by atoms with E-state index in [-0.39, 0.29) is 37.3 Å². The first-order valence-corrected chi connectivity index (χ1v) is 14.7. The van der Waals surface area contributed by atoms with E-state index in [0.29, 0.717) is 0 Å². The van der Waals surface area contributed by atoms with Crippen LogP contribution in [-0.2, 0) is 36.4 Å². The van der Waals surface area contributed by atoms with Crippen LogP contribution in [0.1, 0.15) is 31.1 Å². The summed E-state index contributed by atoms with van der Waals surface area (Å²) in [7, 11) is -16.8. The van der Waals surface area contributed by atoms with Gasteiger partial charge in [0.2, 0.25) is 5.91 Å². The monoisotopic (exact) mass is 601 g/mol.